The Morgan fingerprint density at radius 1 is 1.00 bits per heavy atom. The van der Waals surface area contributed by atoms with E-state index >= 15 is 0 Å². The lowest BCUT2D eigenvalue weighted by atomic mass is 10.1. The fraction of sp³-hybridized carbons (Fsp3) is 0.167. The second kappa shape index (κ2) is 4.61. The molecule has 1 N–H and O–H groups in total. The average molecular weight is 215 g/mol. The quantitative estimate of drug-likeness (QED) is 0.852. The average Bonchev–Trinajstić information content (AvgIpc) is 2.39. The Balaban J connectivity index is 2.28. The maximum Gasteiger partial charge on any atom is 0.222 e. The number of hydrogen-bond acceptors (Lipinski definition) is 4. The minimum Gasteiger partial charge on any atom is -0.497 e. The van der Waals surface area contributed by atoms with Crippen molar-refractivity contribution in [3.63, 3.8) is 0 Å². The van der Waals surface area contributed by atoms with Gasteiger partial charge in [-0.2, -0.15) is 0 Å². The molecule has 0 radical (unpaired) electrons. The summed E-state index contributed by atoms with van der Waals surface area (Å²) in [6.45, 7) is 0. The minimum absolute atomic E-state index is 0.622. The predicted octanol–water partition coefficient (Wildman–Crippen LogP) is 2.19. The van der Waals surface area contributed by atoms with Gasteiger partial charge in [0.2, 0.25) is 5.95 Å². The topological polar surface area (TPSA) is 47.0 Å². The number of nitrogens with zero attached hydrogens (tertiary/aromatic N) is 2. The Morgan fingerprint density at radius 2 is 1.62 bits per heavy atom. The highest BCUT2D eigenvalue weighted by atomic mass is 16.5. The molecule has 2 rings (SSSR count). The molecule has 4 nitrogen and oxygen atoms in total. The number of rotatable bonds is 3. The first-order valence-corrected chi connectivity index (χ1v) is 4.97. The van der Waals surface area contributed by atoms with E-state index in [1.807, 2.05) is 24.3 Å². The van der Waals surface area contributed by atoms with Gasteiger partial charge in [-0.25, -0.2) is 9.97 Å². The van der Waals surface area contributed by atoms with Crippen LogP contribution < -0.4 is 10.1 Å². The molecule has 4 heteroatoms. The predicted molar refractivity (Wildman–Crippen MR) is 63.6 cm³/mol. The van der Waals surface area contributed by atoms with Crippen molar-refractivity contribution in [2.45, 2.75) is 0 Å². The van der Waals surface area contributed by atoms with Crippen LogP contribution in [0, 0.1) is 0 Å². The van der Waals surface area contributed by atoms with E-state index in [-0.39, 0.29) is 0 Å². The summed E-state index contributed by atoms with van der Waals surface area (Å²) in [5, 5.41) is 2.88. The first-order valence-electron chi connectivity index (χ1n) is 4.97. The summed E-state index contributed by atoms with van der Waals surface area (Å²) < 4.78 is 5.10. The summed E-state index contributed by atoms with van der Waals surface area (Å²) in [5.74, 6) is 1.47. The Hall–Kier alpha value is -2.10. The van der Waals surface area contributed by atoms with Crippen LogP contribution in [-0.4, -0.2) is 24.1 Å². The molecule has 0 spiro atoms. The van der Waals surface area contributed by atoms with Crippen LogP contribution in [0.5, 0.6) is 5.75 Å². The van der Waals surface area contributed by atoms with E-state index in [0.29, 0.717) is 5.95 Å². The zero-order valence-electron chi connectivity index (χ0n) is 9.27. The standard InChI is InChI=1S/C12H13N3O/c1-13-12-14-7-10(8-15-12)9-3-5-11(16-2)6-4-9/h3-8H,1-2H3,(H,13,14,15). The van der Waals surface area contributed by atoms with E-state index in [9.17, 15) is 0 Å². The Labute approximate surface area is 94.3 Å². The molecule has 0 saturated carbocycles. The van der Waals surface area contributed by atoms with Crippen LogP contribution in [0.1, 0.15) is 0 Å². The molecule has 16 heavy (non-hydrogen) atoms. The minimum atomic E-state index is 0.622. The smallest absolute Gasteiger partial charge is 0.222 e. The monoisotopic (exact) mass is 215 g/mol. The highest BCUT2D eigenvalue weighted by molar-refractivity contribution is 5.62. The molecule has 2 aromatic rings. The molecule has 1 aromatic carbocycles. The van der Waals surface area contributed by atoms with E-state index < -0.39 is 0 Å². The summed E-state index contributed by atoms with van der Waals surface area (Å²) in [4.78, 5) is 8.33. The van der Waals surface area contributed by atoms with Crippen molar-refractivity contribution < 1.29 is 4.74 Å². The fourth-order valence-corrected chi connectivity index (χ4v) is 1.39. The van der Waals surface area contributed by atoms with Gasteiger partial charge in [0.25, 0.3) is 0 Å². The Morgan fingerprint density at radius 3 is 2.12 bits per heavy atom. The molecule has 0 aliphatic carbocycles. The van der Waals surface area contributed by atoms with Gasteiger partial charge in [0, 0.05) is 25.0 Å². The van der Waals surface area contributed by atoms with E-state index in [2.05, 4.69) is 15.3 Å². The van der Waals surface area contributed by atoms with Crippen molar-refractivity contribution in [1.82, 2.24) is 9.97 Å². The van der Waals surface area contributed by atoms with E-state index in [4.69, 9.17) is 4.74 Å². The summed E-state index contributed by atoms with van der Waals surface area (Å²) in [7, 11) is 3.45. The second-order valence-corrected chi connectivity index (χ2v) is 3.27. The SMILES string of the molecule is CNc1ncc(-c2ccc(OC)cc2)cn1. The van der Waals surface area contributed by atoms with Gasteiger partial charge in [0.05, 0.1) is 7.11 Å². The lowest BCUT2D eigenvalue weighted by molar-refractivity contribution is 0.415. The van der Waals surface area contributed by atoms with Gasteiger partial charge < -0.3 is 10.1 Å². The normalized spacial score (nSPS) is 9.88. The fourth-order valence-electron chi connectivity index (χ4n) is 1.39. The number of methoxy groups -OCH3 is 1. The zero-order chi connectivity index (χ0) is 11.4. The highest BCUT2D eigenvalue weighted by Gasteiger charge is 1.99. The van der Waals surface area contributed by atoms with Gasteiger partial charge >= 0.3 is 0 Å². The van der Waals surface area contributed by atoms with E-state index in [1.165, 1.54) is 0 Å². The molecule has 0 bridgehead atoms. The number of benzene rings is 1. The van der Waals surface area contributed by atoms with Crippen molar-refractivity contribution >= 4 is 5.95 Å². The molecule has 0 atom stereocenters. The van der Waals surface area contributed by atoms with Crippen LogP contribution in [-0.2, 0) is 0 Å². The van der Waals surface area contributed by atoms with Crippen LogP contribution >= 0.6 is 0 Å². The largest absolute Gasteiger partial charge is 0.497 e. The lowest BCUT2D eigenvalue weighted by Gasteiger charge is -2.03. The summed E-state index contributed by atoms with van der Waals surface area (Å²) in [6.07, 6.45) is 3.58. The Kier molecular flexibility index (Phi) is 3.00. The maximum atomic E-state index is 5.10. The molecular weight excluding hydrogens is 202 g/mol. The second-order valence-electron chi connectivity index (χ2n) is 3.27. The molecule has 0 saturated heterocycles. The third-order valence-electron chi connectivity index (χ3n) is 2.30. The van der Waals surface area contributed by atoms with Crippen molar-refractivity contribution in [1.29, 1.82) is 0 Å². The first kappa shape index (κ1) is 10.4. The molecule has 1 aromatic heterocycles. The highest BCUT2D eigenvalue weighted by Crippen LogP contribution is 2.21. The van der Waals surface area contributed by atoms with Crippen LogP contribution in [0.15, 0.2) is 36.7 Å². The van der Waals surface area contributed by atoms with Gasteiger partial charge in [0.1, 0.15) is 5.75 Å². The third kappa shape index (κ3) is 2.11. The molecule has 82 valence electrons. The van der Waals surface area contributed by atoms with Crippen LogP contribution in [0.2, 0.25) is 0 Å². The van der Waals surface area contributed by atoms with E-state index in [1.54, 1.807) is 26.6 Å². The van der Waals surface area contributed by atoms with E-state index in [0.717, 1.165) is 16.9 Å². The lowest BCUT2D eigenvalue weighted by Crippen LogP contribution is -1.95. The summed E-state index contributed by atoms with van der Waals surface area (Å²) >= 11 is 0. The van der Waals surface area contributed by atoms with Crippen LogP contribution in [0.3, 0.4) is 0 Å². The van der Waals surface area contributed by atoms with Crippen LogP contribution in [0.25, 0.3) is 11.1 Å². The summed E-state index contributed by atoms with van der Waals surface area (Å²) in [6, 6.07) is 7.80. The molecule has 0 unspecified atom stereocenters. The van der Waals surface area contributed by atoms with Gasteiger partial charge in [-0.05, 0) is 17.7 Å². The molecule has 0 amide bonds. The van der Waals surface area contributed by atoms with Gasteiger partial charge in [-0.15, -0.1) is 0 Å². The number of aromatic nitrogens is 2. The number of hydrogen-bond donors (Lipinski definition) is 1. The molecule has 0 aliphatic heterocycles. The summed E-state index contributed by atoms with van der Waals surface area (Å²) in [5.41, 5.74) is 2.06. The van der Waals surface area contributed by atoms with Gasteiger partial charge in [-0.3, -0.25) is 0 Å². The van der Waals surface area contributed by atoms with Crippen molar-refractivity contribution in [3.05, 3.63) is 36.7 Å². The Bertz CT molecular complexity index is 405. The van der Waals surface area contributed by atoms with Gasteiger partial charge in [-0.1, -0.05) is 12.1 Å². The number of ether oxygens (including phenoxy) is 1. The van der Waals surface area contributed by atoms with Crippen LogP contribution in [0.4, 0.5) is 5.95 Å². The molecular formula is C12H13N3O. The first-order chi connectivity index (χ1) is 7.83. The molecule has 1 heterocycles. The molecule has 0 fully saturated rings. The number of nitrogens with one attached hydrogen (secondary N) is 1. The van der Waals surface area contributed by atoms with Crippen molar-refractivity contribution in [3.8, 4) is 16.9 Å². The number of anilines is 1. The molecule has 0 aliphatic rings. The van der Waals surface area contributed by atoms with Crippen molar-refractivity contribution in [2.24, 2.45) is 0 Å². The third-order valence-corrected chi connectivity index (χ3v) is 2.30. The van der Waals surface area contributed by atoms with Gasteiger partial charge in [0.15, 0.2) is 0 Å². The maximum absolute atomic E-state index is 5.10. The zero-order valence-corrected chi connectivity index (χ0v) is 9.27. The van der Waals surface area contributed by atoms with Crippen molar-refractivity contribution in [2.75, 3.05) is 19.5 Å².